The Hall–Kier alpha value is -1.13. The molecule has 0 aromatic carbocycles. The lowest BCUT2D eigenvalue weighted by atomic mass is 10.2. The fourth-order valence-corrected chi connectivity index (χ4v) is 4.40. The molecule has 1 aromatic rings. The smallest absolute Gasteiger partial charge is 0.267 e. The number of hydrogen-bond donors (Lipinski definition) is 2. The van der Waals surface area contributed by atoms with E-state index in [2.05, 4.69) is 10.6 Å². The van der Waals surface area contributed by atoms with Crippen LogP contribution < -0.4 is 10.6 Å². The summed E-state index contributed by atoms with van der Waals surface area (Å²) in [6.07, 6.45) is 4.34. The molecule has 1 aromatic heterocycles. The number of carbonyl (C=O) groups is 1. The molecular formula is C16H29ClN4O4S. The van der Waals surface area contributed by atoms with Crippen LogP contribution in [0.4, 0.5) is 0 Å². The Bertz CT molecular complexity index is 672. The number of rotatable bonds is 9. The van der Waals surface area contributed by atoms with Crippen molar-refractivity contribution in [2.45, 2.75) is 24.2 Å². The Kier molecular flexibility index (Phi) is 9.59. The van der Waals surface area contributed by atoms with Crippen LogP contribution in [-0.2, 0) is 21.8 Å². The maximum absolute atomic E-state index is 12.7. The summed E-state index contributed by atoms with van der Waals surface area (Å²) in [6, 6.07) is 1.46. The molecule has 1 amide bonds. The Balaban J connectivity index is 0.00000338. The standard InChI is InChI=1S/C16H28N4O4S.ClH/c1-19-13-14(25(22,23)20-9-4-3-5-10-20)12-15(19)16(21)18-7-6-17-8-11-24-2;/h12-13,17H,3-11H2,1-2H3,(H,18,21);1H. The van der Waals surface area contributed by atoms with Gasteiger partial charge < -0.3 is 19.9 Å². The van der Waals surface area contributed by atoms with Gasteiger partial charge in [0, 0.05) is 53.1 Å². The molecule has 0 atom stereocenters. The number of aryl methyl sites for hydroxylation is 1. The van der Waals surface area contributed by atoms with Crippen LogP contribution in [0, 0.1) is 0 Å². The Labute approximate surface area is 161 Å². The molecule has 150 valence electrons. The lowest BCUT2D eigenvalue weighted by Crippen LogP contribution is -2.35. The second-order valence-corrected chi connectivity index (χ2v) is 8.07. The molecule has 1 aliphatic heterocycles. The number of nitrogens with one attached hydrogen (secondary N) is 2. The predicted molar refractivity (Wildman–Crippen MR) is 102 cm³/mol. The fraction of sp³-hybridized carbons (Fsp3) is 0.688. The second-order valence-electron chi connectivity index (χ2n) is 6.14. The van der Waals surface area contributed by atoms with Crippen molar-refractivity contribution < 1.29 is 17.9 Å². The maximum atomic E-state index is 12.7. The summed E-state index contributed by atoms with van der Waals surface area (Å²) >= 11 is 0. The third-order valence-corrected chi connectivity index (χ3v) is 6.10. The molecule has 26 heavy (non-hydrogen) atoms. The highest BCUT2D eigenvalue weighted by molar-refractivity contribution is 7.89. The van der Waals surface area contributed by atoms with E-state index in [0.717, 1.165) is 25.8 Å². The highest BCUT2D eigenvalue weighted by Crippen LogP contribution is 2.22. The molecule has 1 saturated heterocycles. The lowest BCUT2D eigenvalue weighted by Gasteiger charge is -2.25. The zero-order valence-electron chi connectivity index (χ0n) is 15.4. The average molecular weight is 409 g/mol. The van der Waals surface area contributed by atoms with E-state index < -0.39 is 10.0 Å². The van der Waals surface area contributed by atoms with Crippen molar-refractivity contribution in [1.29, 1.82) is 0 Å². The van der Waals surface area contributed by atoms with Crippen molar-refractivity contribution in [3.63, 3.8) is 0 Å². The summed E-state index contributed by atoms with van der Waals surface area (Å²) < 4.78 is 33.4. The number of ether oxygens (including phenoxy) is 1. The van der Waals surface area contributed by atoms with E-state index in [1.165, 1.54) is 16.6 Å². The lowest BCUT2D eigenvalue weighted by molar-refractivity contribution is 0.0945. The first-order valence-electron chi connectivity index (χ1n) is 8.61. The largest absolute Gasteiger partial charge is 0.383 e. The van der Waals surface area contributed by atoms with Crippen molar-refractivity contribution in [3.05, 3.63) is 18.0 Å². The summed E-state index contributed by atoms with van der Waals surface area (Å²) in [5.41, 5.74) is 0.340. The van der Waals surface area contributed by atoms with Gasteiger partial charge in [-0.1, -0.05) is 6.42 Å². The number of amides is 1. The van der Waals surface area contributed by atoms with Gasteiger partial charge in [0.2, 0.25) is 10.0 Å². The summed E-state index contributed by atoms with van der Waals surface area (Å²) in [5.74, 6) is -0.281. The normalized spacial score (nSPS) is 15.5. The third kappa shape index (κ3) is 5.95. The molecule has 0 unspecified atom stereocenters. The van der Waals surface area contributed by atoms with Crippen molar-refractivity contribution in [2.75, 3.05) is 46.4 Å². The molecule has 1 fully saturated rings. The van der Waals surface area contributed by atoms with Gasteiger partial charge in [-0.05, 0) is 18.9 Å². The molecule has 0 saturated carbocycles. The van der Waals surface area contributed by atoms with Crippen molar-refractivity contribution in [1.82, 2.24) is 19.5 Å². The van der Waals surface area contributed by atoms with Gasteiger partial charge in [0.25, 0.3) is 5.91 Å². The van der Waals surface area contributed by atoms with Crippen molar-refractivity contribution in [2.24, 2.45) is 7.05 Å². The number of nitrogens with zero attached hydrogens (tertiary/aromatic N) is 2. The SMILES string of the molecule is COCCNCCNC(=O)c1cc(S(=O)(=O)N2CCCCC2)cn1C.Cl. The van der Waals surface area contributed by atoms with Crippen LogP contribution in [0.1, 0.15) is 29.8 Å². The van der Waals surface area contributed by atoms with Gasteiger partial charge in [0.1, 0.15) is 10.6 Å². The monoisotopic (exact) mass is 408 g/mol. The number of piperidine rings is 1. The van der Waals surface area contributed by atoms with E-state index in [4.69, 9.17) is 4.74 Å². The van der Waals surface area contributed by atoms with Crippen LogP contribution in [0.3, 0.4) is 0 Å². The van der Waals surface area contributed by atoms with Crippen LogP contribution in [0.15, 0.2) is 17.2 Å². The van der Waals surface area contributed by atoms with Gasteiger partial charge in [0.05, 0.1) is 6.61 Å². The second kappa shape index (κ2) is 10.9. The van der Waals surface area contributed by atoms with Gasteiger partial charge in [0.15, 0.2) is 0 Å². The van der Waals surface area contributed by atoms with Crippen LogP contribution in [-0.4, -0.2) is 69.6 Å². The first-order chi connectivity index (χ1) is 12.0. The maximum Gasteiger partial charge on any atom is 0.267 e. The zero-order chi connectivity index (χ0) is 18.3. The minimum Gasteiger partial charge on any atom is -0.383 e. The molecule has 10 heteroatoms. The molecular weight excluding hydrogens is 380 g/mol. The highest BCUT2D eigenvalue weighted by atomic mass is 35.5. The summed E-state index contributed by atoms with van der Waals surface area (Å²) in [5, 5.41) is 5.92. The Morgan fingerprint density at radius 3 is 2.54 bits per heavy atom. The Morgan fingerprint density at radius 1 is 1.19 bits per heavy atom. The van der Waals surface area contributed by atoms with Gasteiger partial charge in [-0.2, -0.15) is 4.31 Å². The minimum atomic E-state index is -3.53. The van der Waals surface area contributed by atoms with E-state index >= 15 is 0 Å². The number of methoxy groups -OCH3 is 1. The number of aromatic nitrogens is 1. The summed E-state index contributed by atoms with van der Waals surface area (Å²) in [6.45, 7) is 3.51. The number of halogens is 1. The number of hydrogen-bond acceptors (Lipinski definition) is 5. The van der Waals surface area contributed by atoms with E-state index in [1.54, 1.807) is 18.7 Å². The molecule has 2 N–H and O–H groups in total. The van der Waals surface area contributed by atoms with Crippen molar-refractivity contribution >= 4 is 28.3 Å². The molecule has 0 spiro atoms. The third-order valence-electron chi connectivity index (χ3n) is 4.24. The van der Waals surface area contributed by atoms with Crippen molar-refractivity contribution in [3.8, 4) is 0 Å². The fourth-order valence-electron chi connectivity index (χ4n) is 2.81. The van der Waals surface area contributed by atoms with Gasteiger partial charge in [-0.3, -0.25) is 4.79 Å². The molecule has 2 heterocycles. The molecule has 8 nitrogen and oxygen atoms in total. The molecule has 0 bridgehead atoms. The first-order valence-corrected chi connectivity index (χ1v) is 10.0. The van der Waals surface area contributed by atoms with Crippen LogP contribution in [0.2, 0.25) is 0 Å². The van der Waals surface area contributed by atoms with E-state index in [9.17, 15) is 13.2 Å². The average Bonchev–Trinajstić information content (AvgIpc) is 3.01. The summed E-state index contributed by atoms with van der Waals surface area (Å²) in [7, 11) is -0.212. The number of carbonyl (C=O) groups excluding carboxylic acids is 1. The molecule has 2 rings (SSSR count). The predicted octanol–water partition coefficient (Wildman–Crippen LogP) is 0.587. The summed E-state index contributed by atoms with van der Waals surface area (Å²) in [4.78, 5) is 12.5. The van der Waals surface area contributed by atoms with Crippen LogP contribution in [0.25, 0.3) is 0 Å². The minimum absolute atomic E-state index is 0. The quantitative estimate of drug-likeness (QED) is 0.583. The van der Waals surface area contributed by atoms with E-state index in [-0.39, 0.29) is 23.2 Å². The molecule has 1 aliphatic rings. The number of sulfonamides is 1. The zero-order valence-corrected chi connectivity index (χ0v) is 17.0. The van der Waals surface area contributed by atoms with E-state index in [1.807, 2.05) is 0 Å². The van der Waals surface area contributed by atoms with Gasteiger partial charge >= 0.3 is 0 Å². The Morgan fingerprint density at radius 2 is 1.88 bits per heavy atom. The highest BCUT2D eigenvalue weighted by Gasteiger charge is 2.28. The first kappa shape index (κ1) is 22.9. The molecule has 0 radical (unpaired) electrons. The van der Waals surface area contributed by atoms with Gasteiger partial charge in [-0.25, -0.2) is 8.42 Å². The van der Waals surface area contributed by atoms with E-state index in [0.29, 0.717) is 38.5 Å². The topological polar surface area (TPSA) is 92.7 Å². The van der Waals surface area contributed by atoms with Gasteiger partial charge in [-0.15, -0.1) is 12.4 Å². The molecule has 0 aliphatic carbocycles. The van der Waals surface area contributed by atoms with Crippen LogP contribution in [0.5, 0.6) is 0 Å². The van der Waals surface area contributed by atoms with Crippen LogP contribution >= 0.6 is 12.4 Å².